The molecule has 0 amide bonds. The third-order valence-corrected chi connectivity index (χ3v) is 6.02. The molecule has 0 aliphatic carbocycles. The highest BCUT2D eigenvalue weighted by Gasteiger charge is 2.47. The fraction of sp³-hybridized carbons (Fsp3) is 0.652. The van der Waals surface area contributed by atoms with Gasteiger partial charge in [-0.05, 0) is 43.3 Å². The summed E-state index contributed by atoms with van der Waals surface area (Å²) in [4.78, 5) is 26.2. The highest BCUT2D eigenvalue weighted by molar-refractivity contribution is 5.96. The van der Waals surface area contributed by atoms with Gasteiger partial charge < -0.3 is 15.1 Å². The van der Waals surface area contributed by atoms with Crippen LogP contribution in [0.15, 0.2) is 24.3 Å². The Morgan fingerprint density at radius 1 is 1.21 bits per heavy atom. The molecule has 1 aliphatic heterocycles. The maximum atomic E-state index is 12.4. The van der Waals surface area contributed by atoms with Crippen molar-refractivity contribution in [1.82, 2.24) is 4.90 Å². The first kappa shape index (κ1) is 22.6. The number of carboxylic acids is 1. The second-order valence-electron chi connectivity index (χ2n) is 9.13. The lowest BCUT2D eigenvalue weighted by molar-refractivity contribution is -0.163. The molecule has 0 unspecified atom stereocenters. The van der Waals surface area contributed by atoms with Crippen molar-refractivity contribution < 1.29 is 19.8 Å². The van der Waals surface area contributed by atoms with E-state index in [0.717, 1.165) is 12.0 Å². The summed E-state index contributed by atoms with van der Waals surface area (Å²) < 4.78 is 0. The predicted molar refractivity (Wildman–Crippen MR) is 111 cm³/mol. The summed E-state index contributed by atoms with van der Waals surface area (Å²) in [5.74, 6) is -0.765. The fourth-order valence-electron chi connectivity index (χ4n) is 4.10. The number of aliphatic carboxylic acids is 1. The molecule has 2 N–H and O–H groups in total. The number of carbonyl (C=O) groups is 2. The van der Waals surface area contributed by atoms with Gasteiger partial charge in [-0.1, -0.05) is 58.4 Å². The number of Topliss-reactive ketones (excluding diaryl/α,β-unsaturated/α-hetero) is 1. The molecule has 0 aromatic heterocycles. The molecule has 1 aromatic carbocycles. The van der Waals surface area contributed by atoms with Crippen molar-refractivity contribution in [2.24, 2.45) is 5.41 Å². The Bertz CT molecular complexity index is 677. The van der Waals surface area contributed by atoms with Crippen molar-refractivity contribution in [2.75, 3.05) is 19.6 Å². The Hall–Kier alpha value is -1.72. The van der Waals surface area contributed by atoms with Gasteiger partial charge in [0, 0.05) is 18.5 Å². The van der Waals surface area contributed by atoms with Gasteiger partial charge in [0.1, 0.15) is 0 Å². The number of aliphatic hydroxyl groups is 1. The smallest absolute Gasteiger partial charge is 0.312 e. The molecule has 1 heterocycles. The average Bonchev–Trinajstić information content (AvgIpc) is 2.63. The van der Waals surface area contributed by atoms with Crippen molar-refractivity contribution in [3.63, 3.8) is 0 Å². The minimum absolute atomic E-state index is 0.0691. The van der Waals surface area contributed by atoms with Crippen LogP contribution in [-0.4, -0.2) is 52.6 Å². The van der Waals surface area contributed by atoms with E-state index in [9.17, 15) is 19.8 Å². The zero-order valence-corrected chi connectivity index (χ0v) is 17.7. The van der Waals surface area contributed by atoms with Crippen LogP contribution in [0.3, 0.4) is 0 Å². The van der Waals surface area contributed by atoms with Crippen molar-refractivity contribution in [1.29, 1.82) is 0 Å². The molecule has 1 aromatic rings. The first-order chi connectivity index (χ1) is 13.1. The van der Waals surface area contributed by atoms with E-state index < -0.39 is 17.5 Å². The highest BCUT2D eigenvalue weighted by atomic mass is 16.4. The number of hydrogen-bond donors (Lipinski definition) is 2. The van der Waals surface area contributed by atoms with E-state index in [1.165, 1.54) is 5.56 Å². The molecular weight excluding hydrogens is 354 g/mol. The summed E-state index contributed by atoms with van der Waals surface area (Å²) in [6.07, 6.45) is 2.01. The lowest BCUT2D eigenvalue weighted by Crippen LogP contribution is -2.54. The molecular formula is C23H35NO4. The van der Waals surface area contributed by atoms with Gasteiger partial charge in [0.2, 0.25) is 0 Å². The summed E-state index contributed by atoms with van der Waals surface area (Å²) in [6.45, 7) is 10.1. The first-order valence-electron chi connectivity index (χ1n) is 10.4. The van der Waals surface area contributed by atoms with Crippen LogP contribution in [0.2, 0.25) is 0 Å². The van der Waals surface area contributed by atoms with Crippen LogP contribution in [0, 0.1) is 5.41 Å². The van der Waals surface area contributed by atoms with Crippen LogP contribution in [0.1, 0.15) is 75.7 Å². The van der Waals surface area contributed by atoms with E-state index in [2.05, 4.69) is 25.7 Å². The zero-order chi connectivity index (χ0) is 20.9. The molecule has 0 spiro atoms. The molecule has 2 atom stereocenters. The van der Waals surface area contributed by atoms with Crippen LogP contribution >= 0.6 is 0 Å². The van der Waals surface area contributed by atoms with Crippen LogP contribution in [-0.2, 0) is 10.2 Å². The molecule has 1 saturated heterocycles. The van der Waals surface area contributed by atoms with Gasteiger partial charge in [0.15, 0.2) is 5.78 Å². The van der Waals surface area contributed by atoms with Gasteiger partial charge in [-0.2, -0.15) is 0 Å². The lowest BCUT2D eigenvalue weighted by Gasteiger charge is -2.42. The minimum Gasteiger partial charge on any atom is -0.481 e. The molecule has 1 aliphatic rings. The number of likely N-dealkylation sites (tertiary alicyclic amines) is 1. The van der Waals surface area contributed by atoms with Gasteiger partial charge >= 0.3 is 5.97 Å². The third-order valence-electron chi connectivity index (χ3n) is 6.02. The lowest BCUT2D eigenvalue weighted by atomic mass is 9.73. The monoisotopic (exact) mass is 389 g/mol. The SMILES string of the molecule is CCC[C@]1(C(=O)O)CCN(CCCC(=O)c2ccc(C(C)(C)C)cc2)C[C@@H]1O. The first-order valence-corrected chi connectivity index (χ1v) is 10.4. The molecule has 1 fully saturated rings. The van der Waals surface area contributed by atoms with E-state index in [0.29, 0.717) is 45.3 Å². The number of carboxylic acid groups (broad SMARTS) is 1. The topological polar surface area (TPSA) is 77.8 Å². The van der Waals surface area contributed by atoms with Crippen molar-refractivity contribution in [2.45, 2.75) is 71.3 Å². The van der Waals surface area contributed by atoms with Gasteiger partial charge in [0.25, 0.3) is 0 Å². The number of β-amino-alcohol motifs (C(OH)–C–C–N with tert-alkyl or cyclic N) is 1. The summed E-state index contributed by atoms with van der Waals surface area (Å²) in [7, 11) is 0. The zero-order valence-electron chi connectivity index (χ0n) is 17.7. The van der Waals surface area contributed by atoms with Crippen molar-refractivity contribution in [3.05, 3.63) is 35.4 Å². The molecule has 5 nitrogen and oxygen atoms in total. The van der Waals surface area contributed by atoms with E-state index in [4.69, 9.17) is 0 Å². The van der Waals surface area contributed by atoms with Crippen LogP contribution in [0.25, 0.3) is 0 Å². The van der Waals surface area contributed by atoms with Crippen LogP contribution in [0.4, 0.5) is 0 Å². The number of hydrogen-bond acceptors (Lipinski definition) is 4. The number of aliphatic hydroxyl groups excluding tert-OH is 1. The molecule has 0 bridgehead atoms. The van der Waals surface area contributed by atoms with E-state index >= 15 is 0 Å². The summed E-state index contributed by atoms with van der Waals surface area (Å²) in [6, 6.07) is 7.85. The summed E-state index contributed by atoms with van der Waals surface area (Å²) in [5, 5.41) is 20.1. The standard InChI is InChI=1S/C23H35NO4/c1-5-12-23(21(27)28)13-15-24(16-20(23)26)14-6-7-19(25)17-8-10-18(11-9-17)22(2,3)4/h8-11,20,26H,5-7,12-16H2,1-4H3,(H,27,28)/t20-,23-/m0/s1. The average molecular weight is 390 g/mol. The minimum atomic E-state index is -1.02. The van der Waals surface area contributed by atoms with E-state index in [1.54, 1.807) is 0 Å². The largest absolute Gasteiger partial charge is 0.481 e. The number of rotatable bonds is 8. The Balaban J connectivity index is 1.84. The van der Waals surface area contributed by atoms with E-state index in [-0.39, 0.29) is 11.2 Å². The molecule has 2 rings (SSSR count). The Morgan fingerprint density at radius 2 is 1.86 bits per heavy atom. The molecule has 156 valence electrons. The molecule has 0 saturated carbocycles. The second-order valence-corrected chi connectivity index (χ2v) is 9.13. The summed E-state index contributed by atoms with van der Waals surface area (Å²) >= 11 is 0. The van der Waals surface area contributed by atoms with Crippen molar-refractivity contribution in [3.8, 4) is 0 Å². The maximum Gasteiger partial charge on any atom is 0.312 e. The van der Waals surface area contributed by atoms with Crippen molar-refractivity contribution >= 4 is 11.8 Å². The van der Waals surface area contributed by atoms with Crippen LogP contribution < -0.4 is 0 Å². The second kappa shape index (κ2) is 9.19. The molecule has 28 heavy (non-hydrogen) atoms. The number of ketones is 1. The van der Waals surface area contributed by atoms with Gasteiger partial charge in [0.05, 0.1) is 11.5 Å². The Morgan fingerprint density at radius 3 is 2.36 bits per heavy atom. The highest BCUT2D eigenvalue weighted by Crippen LogP contribution is 2.37. The Labute approximate surface area is 168 Å². The van der Waals surface area contributed by atoms with Crippen LogP contribution in [0.5, 0.6) is 0 Å². The van der Waals surface area contributed by atoms with Gasteiger partial charge in [-0.3, -0.25) is 9.59 Å². The predicted octanol–water partition coefficient (Wildman–Crippen LogP) is 3.88. The fourth-order valence-corrected chi connectivity index (χ4v) is 4.10. The number of piperidine rings is 1. The number of carbonyl (C=O) groups excluding carboxylic acids is 1. The molecule has 5 heteroatoms. The summed E-state index contributed by atoms with van der Waals surface area (Å²) in [5.41, 5.74) is 0.995. The van der Waals surface area contributed by atoms with Gasteiger partial charge in [-0.15, -0.1) is 0 Å². The third kappa shape index (κ3) is 5.21. The Kier molecular flexibility index (Phi) is 7.40. The van der Waals surface area contributed by atoms with Gasteiger partial charge in [-0.25, -0.2) is 0 Å². The van der Waals surface area contributed by atoms with E-state index in [1.807, 2.05) is 31.2 Å². The quantitative estimate of drug-likeness (QED) is 0.660. The molecule has 0 radical (unpaired) electrons. The normalized spacial score (nSPS) is 23.5. The number of benzene rings is 1. The number of nitrogens with zero attached hydrogens (tertiary/aromatic N) is 1. The maximum absolute atomic E-state index is 12.4.